The summed E-state index contributed by atoms with van der Waals surface area (Å²) in [4.78, 5) is 44.5. The number of ether oxygens (including phenoxy) is 2. The maximum Gasteiger partial charge on any atom is 0.483 e. The van der Waals surface area contributed by atoms with Crippen LogP contribution < -0.4 is 11.2 Å². The van der Waals surface area contributed by atoms with Gasteiger partial charge in [0.05, 0.1) is 13.2 Å². The summed E-state index contributed by atoms with van der Waals surface area (Å²) in [6, 6.07) is 0.928. The number of H-pyrrole nitrogens is 1. The van der Waals surface area contributed by atoms with Crippen molar-refractivity contribution < 1.29 is 72.4 Å². The lowest BCUT2D eigenvalue weighted by Crippen LogP contribution is -2.58. The van der Waals surface area contributed by atoms with Gasteiger partial charge in [-0.05, 0) is 0 Å². The average molecular weight is 566 g/mol. The smallest absolute Gasteiger partial charge is 0.394 e. The maximum absolute atomic E-state index is 12.2. The molecule has 0 radical (unpaired) electrons. The standard InChI is InChI=1S/C15H24N2O17P2/c18-3-5-8(20)10(22)12(24)14(32-5)33-36(28,29)34-35(26,27)30-4-6-9(21)11(23)13(31-6)17-2-1-7(19)16-15(17)25/h1-2,5-6,8-14,18,20-24H,3-4H2,(H,26,27)(H,28,29)(H,16,19,25)/t5-,6-,8-,9?,10+,11+,12-,13-,14+/m1/s1. The monoisotopic (exact) mass is 566 g/mol. The van der Waals surface area contributed by atoms with Crippen LogP contribution in [0.3, 0.4) is 0 Å². The summed E-state index contributed by atoms with van der Waals surface area (Å²) in [5, 5.41) is 58.6. The Hall–Kier alpha value is -1.38. The van der Waals surface area contributed by atoms with Gasteiger partial charge in [0.25, 0.3) is 5.56 Å². The third-order valence-electron chi connectivity index (χ3n) is 5.16. The molecule has 0 amide bonds. The Kier molecular flexibility index (Phi) is 9.05. The lowest BCUT2D eigenvalue weighted by Gasteiger charge is -2.39. The summed E-state index contributed by atoms with van der Waals surface area (Å²) in [5.41, 5.74) is -1.75. The second-order valence-electron chi connectivity index (χ2n) is 7.68. The molecule has 2 fully saturated rings. The van der Waals surface area contributed by atoms with Crippen LogP contribution in [-0.4, -0.2) is 112 Å². The molecule has 2 aliphatic rings. The minimum atomic E-state index is -5.59. The molecule has 3 heterocycles. The van der Waals surface area contributed by atoms with Crippen LogP contribution in [0.15, 0.2) is 21.9 Å². The molecule has 3 unspecified atom stereocenters. The topological polar surface area (TPSA) is 297 Å². The minimum Gasteiger partial charge on any atom is -0.394 e. The molecule has 11 atom stereocenters. The molecule has 0 spiro atoms. The number of hydrogen-bond donors (Lipinski definition) is 9. The number of aromatic nitrogens is 2. The highest BCUT2D eigenvalue weighted by Gasteiger charge is 2.49. The van der Waals surface area contributed by atoms with Gasteiger partial charge in [0.15, 0.2) is 12.5 Å². The van der Waals surface area contributed by atoms with E-state index in [1.807, 2.05) is 4.98 Å². The number of nitrogens with one attached hydrogen (secondary N) is 1. The molecule has 1 aromatic rings. The van der Waals surface area contributed by atoms with E-state index >= 15 is 0 Å². The van der Waals surface area contributed by atoms with Crippen LogP contribution in [0.4, 0.5) is 0 Å². The number of aliphatic hydroxyl groups excluding tert-OH is 6. The van der Waals surface area contributed by atoms with E-state index in [-0.39, 0.29) is 0 Å². The molecule has 19 nitrogen and oxygen atoms in total. The van der Waals surface area contributed by atoms with Crippen molar-refractivity contribution in [2.45, 2.75) is 55.2 Å². The normalized spacial score (nSPS) is 38.4. The Labute approximate surface area is 199 Å². The van der Waals surface area contributed by atoms with Crippen LogP contribution in [0.5, 0.6) is 0 Å². The SMILES string of the molecule is O=c1ccn([C@@H]2O[C@H](COP(=O)(O)OP(=O)(O)O[C@@H]3O[C@H](CO)[C@@H](O)[C@H](O)[C@H]3O)C(O)[C@@H]2O)c(=O)[nH]1. The number of phosphoric acid groups is 2. The van der Waals surface area contributed by atoms with Crippen molar-refractivity contribution >= 4 is 15.6 Å². The first-order chi connectivity index (χ1) is 16.7. The summed E-state index contributed by atoms with van der Waals surface area (Å²) >= 11 is 0. The first kappa shape index (κ1) is 29.2. The van der Waals surface area contributed by atoms with E-state index in [1.54, 1.807) is 0 Å². The fraction of sp³-hybridized carbons (Fsp3) is 0.733. The van der Waals surface area contributed by atoms with Crippen LogP contribution in [-0.2, 0) is 32.0 Å². The Morgan fingerprint density at radius 2 is 1.56 bits per heavy atom. The van der Waals surface area contributed by atoms with Crippen LogP contribution in [0.25, 0.3) is 0 Å². The third kappa shape index (κ3) is 6.54. The fourth-order valence-electron chi connectivity index (χ4n) is 3.35. The van der Waals surface area contributed by atoms with E-state index < -0.39 is 95.4 Å². The first-order valence-electron chi connectivity index (χ1n) is 9.99. The van der Waals surface area contributed by atoms with E-state index in [2.05, 4.69) is 13.4 Å². The van der Waals surface area contributed by atoms with Crippen molar-refractivity contribution in [1.29, 1.82) is 0 Å². The van der Waals surface area contributed by atoms with Crippen LogP contribution >= 0.6 is 15.6 Å². The predicted molar refractivity (Wildman–Crippen MR) is 109 cm³/mol. The third-order valence-corrected chi connectivity index (χ3v) is 7.76. The van der Waals surface area contributed by atoms with Gasteiger partial charge in [-0.15, -0.1) is 0 Å². The predicted octanol–water partition coefficient (Wildman–Crippen LogP) is -4.79. The Balaban J connectivity index is 1.61. The summed E-state index contributed by atoms with van der Waals surface area (Å²) < 4.78 is 48.1. The van der Waals surface area contributed by atoms with Crippen LogP contribution in [0, 0.1) is 0 Å². The Morgan fingerprint density at radius 3 is 2.17 bits per heavy atom. The molecule has 36 heavy (non-hydrogen) atoms. The molecule has 9 N–H and O–H groups in total. The van der Waals surface area contributed by atoms with E-state index in [0.29, 0.717) is 0 Å². The second-order valence-corrected chi connectivity index (χ2v) is 10.7. The number of aromatic amines is 1. The number of phosphoric ester groups is 2. The largest absolute Gasteiger partial charge is 0.483 e. The van der Waals surface area contributed by atoms with Gasteiger partial charge in [0, 0.05) is 12.3 Å². The van der Waals surface area contributed by atoms with Crippen molar-refractivity contribution in [3.8, 4) is 0 Å². The Morgan fingerprint density at radius 1 is 0.917 bits per heavy atom. The second kappa shape index (κ2) is 11.2. The molecule has 2 aliphatic heterocycles. The molecular weight excluding hydrogens is 542 g/mol. The summed E-state index contributed by atoms with van der Waals surface area (Å²) in [6.07, 6.45) is -15.4. The molecule has 3 rings (SSSR count). The zero-order valence-electron chi connectivity index (χ0n) is 17.9. The number of aliphatic hydroxyl groups is 6. The average Bonchev–Trinajstić information content (AvgIpc) is 3.06. The van der Waals surface area contributed by atoms with Crippen molar-refractivity contribution in [1.82, 2.24) is 9.55 Å². The van der Waals surface area contributed by atoms with Crippen LogP contribution in [0.1, 0.15) is 6.23 Å². The summed E-state index contributed by atoms with van der Waals surface area (Å²) in [6.45, 7) is -1.93. The molecular formula is C15H24N2O17P2. The van der Waals surface area contributed by atoms with Crippen molar-refractivity contribution in [2.75, 3.05) is 13.2 Å². The highest BCUT2D eigenvalue weighted by atomic mass is 31.3. The zero-order valence-corrected chi connectivity index (χ0v) is 19.6. The molecule has 2 saturated heterocycles. The highest BCUT2D eigenvalue weighted by molar-refractivity contribution is 7.61. The Bertz CT molecular complexity index is 1120. The van der Waals surface area contributed by atoms with E-state index in [0.717, 1.165) is 16.8 Å². The van der Waals surface area contributed by atoms with Gasteiger partial charge in [-0.3, -0.25) is 23.4 Å². The van der Waals surface area contributed by atoms with Gasteiger partial charge in [-0.2, -0.15) is 4.31 Å². The fourth-order valence-corrected chi connectivity index (χ4v) is 5.51. The van der Waals surface area contributed by atoms with E-state index in [4.69, 9.17) is 14.6 Å². The number of rotatable bonds is 9. The number of hydrogen-bond acceptors (Lipinski definition) is 15. The lowest BCUT2D eigenvalue weighted by atomic mass is 10.00. The number of nitrogens with zero attached hydrogens (tertiary/aromatic N) is 1. The quantitative estimate of drug-likeness (QED) is 0.127. The maximum atomic E-state index is 12.2. The zero-order chi connectivity index (χ0) is 27.0. The van der Waals surface area contributed by atoms with Gasteiger partial charge in [0.2, 0.25) is 0 Å². The molecule has 21 heteroatoms. The summed E-state index contributed by atoms with van der Waals surface area (Å²) in [5.74, 6) is 0. The van der Waals surface area contributed by atoms with Crippen LogP contribution in [0.2, 0.25) is 0 Å². The van der Waals surface area contributed by atoms with Gasteiger partial charge in [-0.25, -0.2) is 13.9 Å². The van der Waals surface area contributed by atoms with Gasteiger partial charge in [0.1, 0.15) is 42.7 Å². The summed E-state index contributed by atoms with van der Waals surface area (Å²) in [7, 11) is -11.1. The molecule has 0 bridgehead atoms. The van der Waals surface area contributed by atoms with E-state index in [9.17, 15) is 54.0 Å². The molecule has 0 saturated carbocycles. The van der Waals surface area contributed by atoms with Crippen molar-refractivity contribution in [3.63, 3.8) is 0 Å². The van der Waals surface area contributed by atoms with Crippen molar-refractivity contribution in [2.24, 2.45) is 0 Å². The van der Waals surface area contributed by atoms with E-state index in [1.165, 1.54) is 0 Å². The molecule has 0 aromatic carbocycles. The van der Waals surface area contributed by atoms with Gasteiger partial charge >= 0.3 is 21.3 Å². The first-order valence-corrected chi connectivity index (χ1v) is 13.0. The van der Waals surface area contributed by atoms with Gasteiger partial charge in [-0.1, -0.05) is 0 Å². The van der Waals surface area contributed by atoms with Gasteiger partial charge < -0.3 is 49.9 Å². The minimum absolute atomic E-state index is 0.723. The molecule has 1 aromatic heterocycles. The molecule has 0 aliphatic carbocycles. The highest BCUT2D eigenvalue weighted by Crippen LogP contribution is 2.61. The van der Waals surface area contributed by atoms with Crippen molar-refractivity contribution in [3.05, 3.63) is 33.1 Å². The lowest BCUT2D eigenvalue weighted by molar-refractivity contribution is -0.280. The molecule has 206 valence electrons.